The van der Waals surface area contributed by atoms with Crippen molar-refractivity contribution in [2.75, 3.05) is 13.1 Å². The van der Waals surface area contributed by atoms with E-state index in [9.17, 15) is 14.7 Å². The van der Waals surface area contributed by atoms with Gasteiger partial charge >= 0.3 is 0 Å². The Labute approximate surface area is 136 Å². The van der Waals surface area contributed by atoms with E-state index in [2.05, 4.69) is 10.6 Å². The number of carbonyl (C=O) groups is 2. The number of hydrogen-bond acceptors (Lipinski definition) is 3. The quantitative estimate of drug-likeness (QED) is 0.767. The Kier molecular flexibility index (Phi) is 4.66. The van der Waals surface area contributed by atoms with Crippen molar-refractivity contribution < 1.29 is 14.7 Å². The first-order chi connectivity index (χ1) is 11.1. The molecule has 3 N–H and O–H groups in total. The number of hydrogen-bond donors (Lipinski definition) is 3. The monoisotopic (exact) mass is 316 g/mol. The molecule has 2 aliphatic rings. The standard InChI is InChI=1S/C18H24N2O3/c21-16(20-12-18(23)8-1-2-9-18)11-19-17(22)15-7-6-13-4-3-5-14(13)10-15/h6-7,10,23H,1-5,8-9,11-12H2,(H,19,22)(H,20,21). The second-order valence-electron chi connectivity index (χ2n) is 6.73. The van der Waals surface area contributed by atoms with Gasteiger partial charge in [-0.25, -0.2) is 0 Å². The molecule has 0 radical (unpaired) electrons. The van der Waals surface area contributed by atoms with Gasteiger partial charge in [-0.2, -0.15) is 0 Å². The average Bonchev–Trinajstić information content (AvgIpc) is 3.19. The summed E-state index contributed by atoms with van der Waals surface area (Å²) in [6, 6.07) is 5.75. The molecule has 0 heterocycles. The maximum Gasteiger partial charge on any atom is 0.251 e. The lowest BCUT2D eigenvalue weighted by Crippen LogP contribution is -2.44. The van der Waals surface area contributed by atoms with E-state index < -0.39 is 5.60 Å². The molecule has 0 atom stereocenters. The second kappa shape index (κ2) is 6.71. The molecule has 2 amide bonds. The summed E-state index contributed by atoms with van der Waals surface area (Å²) in [6.45, 7) is 0.201. The topological polar surface area (TPSA) is 78.4 Å². The highest BCUT2D eigenvalue weighted by Gasteiger charge is 2.31. The van der Waals surface area contributed by atoms with Crippen LogP contribution in [-0.2, 0) is 17.6 Å². The first-order valence-electron chi connectivity index (χ1n) is 8.45. The van der Waals surface area contributed by atoms with Crippen LogP contribution in [0.5, 0.6) is 0 Å². The first kappa shape index (κ1) is 16.0. The second-order valence-corrected chi connectivity index (χ2v) is 6.73. The number of aryl methyl sites for hydroxylation is 2. The minimum Gasteiger partial charge on any atom is -0.388 e. The Bertz CT molecular complexity index is 606. The van der Waals surface area contributed by atoms with E-state index in [-0.39, 0.29) is 24.9 Å². The molecular weight excluding hydrogens is 292 g/mol. The van der Waals surface area contributed by atoms with Crippen LogP contribution in [0.25, 0.3) is 0 Å². The van der Waals surface area contributed by atoms with Gasteiger partial charge in [-0.3, -0.25) is 9.59 Å². The lowest BCUT2D eigenvalue weighted by molar-refractivity contribution is -0.121. The Morgan fingerprint density at radius 2 is 1.78 bits per heavy atom. The number of aliphatic hydroxyl groups is 1. The third kappa shape index (κ3) is 3.91. The highest BCUT2D eigenvalue weighted by molar-refractivity contribution is 5.96. The molecule has 5 heteroatoms. The minimum atomic E-state index is -0.764. The van der Waals surface area contributed by atoms with Gasteiger partial charge in [-0.15, -0.1) is 0 Å². The first-order valence-corrected chi connectivity index (χ1v) is 8.45. The molecular formula is C18H24N2O3. The van der Waals surface area contributed by atoms with Gasteiger partial charge in [-0.05, 0) is 55.4 Å². The van der Waals surface area contributed by atoms with E-state index in [1.54, 1.807) is 0 Å². The van der Waals surface area contributed by atoms with Crippen molar-refractivity contribution in [2.24, 2.45) is 0 Å². The van der Waals surface area contributed by atoms with E-state index in [4.69, 9.17) is 0 Å². The zero-order chi connectivity index (χ0) is 16.3. The van der Waals surface area contributed by atoms with E-state index in [1.165, 1.54) is 11.1 Å². The van der Waals surface area contributed by atoms with Crippen molar-refractivity contribution >= 4 is 11.8 Å². The van der Waals surface area contributed by atoms with Gasteiger partial charge in [0.25, 0.3) is 5.91 Å². The molecule has 0 saturated heterocycles. The molecule has 5 nitrogen and oxygen atoms in total. The largest absolute Gasteiger partial charge is 0.388 e. The van der Waals surface area contributed by atoms with Crippen molar-refractivity contribution in [2.45, 2.75) is 50.5 Å². The smallest absolute Gasteiger partial charge is 0.251 e. The number of carbonyl (C=O) groups excluding carboxylic acids is 2. The summed E-state index contributed by atoms with van der Waals surface area (Å²) in [7, 11) is 0. The summed E-state index contributed by atoms with van der Waals surface area (Å²) < 4.78 is 0. The molecule has 124 valence electrons. The van der Waals surface area contributed by atoms with Crippen LogP contribution in [0.1, 0.15) is 53.6 Å². The Balaban J connectivity index is 1.46. The maximum atomic E-state index is 12.1. The molecule has 1 fully saturated rings. The van der Waals surface area contributed by atoms with E-state index in [1.807, 2.05) is 18.2 Å². The highest BCUT2D eigenvalue weighted by atomic mass is 16.3. The van der Waals surface area contributed by atoms with Gasteiger partial charge in [0.1, 0.15) is 0 Å². The van der Waals surface area contributed by atoms with Gasteiger partial charge in [-0.1, -0.05) is 18.9 Å². The number of fused-ring (bicyclic) bond motifs is 1. The van der Waals surface area contributed by atoms with Crippen molar-refractivity contribution in [1.29, 1.82) is 0 Å². The third-order valence-corrected chi connectivity index (χ3v) is 4.92. The number of nitrogens with one attached hydrogen (secondary N) is 2. The van der Waals surface area contributed by atoms with Gasteiger partial charge < -0.3 is 15.7 Å². The molecule has 1 aromatic rings. The lowest BCUT2D eigenvalue weighted by atomic mass is 10.0. The van der Waals surface area contributed by atoms with Crippen LogP contribution in [0.15, 0.2) is 18.2 Å². The summed E-state index contributed by atoms with van der Waals surface area (Å²) >= 11 is 0. The van der Waals surface area contributed by atoms with Gasteiger partial charge in [0, 0.05) is 12.1 Å². The predicted molar refractivity (Wildman–Crippen MR) is 87.2 cm³/mol. The van der Waals surface area contributed by atoms with Crippen molar-refractivity contribution in [3.63, 3.8) is 0 Å². The number of rotatable bonds is 5. The summed E-state index contributed by atoms with van der Waals surface area (Å²) in [5, 5.41) is 15.5. The Hall–Kier alpha value is -1.88. The van der Waals surface area contributed by atoms with Crippen LogP contribution in [-0.4, -0.2) is 35.6 Å². The van der Waals surface area contributed by atoms with Gasteiger partial charge in [0.05, 0.1) is 12.1 Å². The van der Waals surface area contributed by atoms with E-state index in [0.717, 1.165) is 44.9 Å². The molecule has 0 bridgehead atoms. The van der Waals surface area contributed by atoms with Crippen LogP contribution in [0.4, 0.5) is 0 Å². The fourth-order valence-corrected chi connectivity index (χ4v) is 3.51. The molecule has 0 aliphatic heterocycles. The van der Waals surface area contributed by atoms with Crippen LogP contribution in [0.3, 0.4) is 0 Å². The normalized spacial score (nSPS) is 18.5. The molecule has 3 rings (SSSR count). The van der Waals surface area contributed by atoms with Crippen molar-refractivity contribution in [1.82, 2.24) is 10.6 Å². The predicted octanol–water partition coefficient (Wildman–Crippen LogP) is 1.33. The Morgan fingerprint density at radius 1 is 1.04 bits per heavy atom. The van der Waals surface area contributed by atoms with E-state index >= 15 is 0 Å². The molecule has 2 aliphatic carbocycles. The number of benzene rings is 1. The van der Waals surface area contributed by atoms with Crippen molar-refractivity contribution in [3.05, 3.63) is 34.9 Å². The zero-order valence-corrected chi connectivity index (χ0v) is 13.4. The maximum absolute atomic E-state index is 12.1. The third-order valence-electron chi connectivity index (χ3n) is 4.92. The highest BCUT2D eigenvalue weighted by Crippen LogP contribution is 2.28. The number of amides is 2. The lowest BCUT2D eigenvalue weighted by Gasteiger charge is -2.22. The average molecular weight is 316 g/mol. The van der Waals surface area contributed by atoms with Crippen LogP contribution in [0.2, 0.25) is 0 Å². The summed E-state index contributed by atoms with van der Waals surface area (Å²) in [4.78, 5) is 24.0. The Morgan fingerprint density at radius 3 is 2.57 bits per heavy atom. The summed E-state index contributed by atoms with van der Waals surface area (Å²) in [5.41, 5.74) is 2.40. The van der Waals surface area contributed by atoms with Crippen molar-refractivity contribution in [3.8, 4) is 0 Å². The van der Waals surface area contributed by atoms with Crippen LogP contribution in [0, 0.1) is 0 Å². The zero-order valence-electron chi connectivity index (χ0n) is 13.4. The molecule has 1 aromatic carbocycles. The molecule has 0 unspecified atom stereocenters. The minimum absolute atomic E-state index is 0.0635. The molecule has 0 spiro atoms. The molecule has 1 saturated carbocycles. The summed E-state index contributed by atoms with van der Waals surface area (Å²) in [5.74, 6) is -0.491. The van der Waals surface area contributed by atoms with E-state index in [0.29, 0.717) is 5.56 Å². The SMILES string of the molecule is O=C(CNC(=O)c1ccc2c(c1)CCC2)NCC1(O)CCCC1. The summed E-state index contributed by atoms with van der Waals surface area (Å²) in [6.07, 6.45) is 6.72. The fourth-order valence-electron chi connectivity index (χ4n) is 3.51. The fraction of sp³-hybridized carbons (Fsp3) is 0.556. The molecule has 0 aromatic heterocycles. The van der Waals surface area contributed by atoms with Crippen LogP contribution < -0.4 is 10.6 Å². The van der Waals surface area contributed by atoms with Gasteiger partial charge in [0.15, 0.2) is 0 Å². The molecule has 23 heavy (non-hydrogen) atoms. The van der Waals surface area contributed by atoms with Gasteiger partial charge in [0.2, 0.25) is 5.91 Å². The van der Waals surface area contributed by atoms with Crippen LogP contribution >= 0.6 is 0 Å².